The molecular formula is C26H22N2O3S2. The molecule has 33 heavy (non-hydrogen) atoms. The van der Waals surface area contributed by atoms with E-state index in [1.54, 1.807) is 23.1 Å². The van der Waals surface area contributed by atoms with Crippen molar-refractivity contribution in [2.75, 3.05) is 11.9 Å². The van der Waals surface area contributed by atoms with Gasteiger partial charge in [0.2, 0.25) is 0 Å². The van der Waals surface area contributed by atoms with Crippen LogP contribution in [0.5, 0.6) is 5.75 Å². The van der Waals surface area contributed by atoms with Crippen LogP contribution < -0.4 is 10.1 Å². The van der Waals surface area contributed by atoms with Crippen LogP contribution in [0.2, 0.25) is 0 Å². The molecule has 0 atom stereocenters. The molecule has 1 N–H and O–H groups in total. The fourth-order valence-corrected chi connectivity index (χ4v) is 4.55. The Morgan fingerprint density at radius 1 is 1.06 bits per heavy atom. The van der Waals surface area contributed by atoms with Crippen LogP contribution in [0.15, 0.2) is 83.8 Å². The molecule has 166 valence electrons. The van der Waals surface area contributed by atoms with Gasteiger partial charge in [-0.1, -0.05) is 84.6 Å². The van der Waals surface area contributed by atoms with Gasteiger partial charge in [0, 0.05) is 5.69 Å². The summed E-state index contributed by atoms with van der Waals surface area (Å²) >= 11 is 6.71. The minimum absolute atomic E-state index is 0.113. The van der Waals surface area contributed by atoms with E-state index in [-0.39, 0.29) is 18.4 Å². The molecule has 1 aliphatic rings. The molecule has 1 aliphatic heterocycles. The second-order valence-corrected chi connectivity index (χ2v) is 9.15. The van der Waals surface area contributed by atoms with Crippen LogP contribution in [0, 0.1) is 6.92 Å². The molecule has 5 nitrogen and oxygen atoms in total. The fraction of sp³-hybridized carbons (Fsp3) is 0.115. The van der Waals surface area contributed by atoms with E-state index in [1.807, 2.05) is 73.7 Å². The Kier molecular flexibility index (Phi) is 7.22. The first kappa shape index (κ1) is 22.8. The van der Waals surface area contributed by atoms with Crippen LogP contribution >= 0.6 is 24.0 Å². The van der Waals surface area contributed by atoms with Crippen LogP contribution in [-0.4, -0.2) is 27.6 Å². The quantitative estimate of drug-likeness (QED) is 0.366. The maximum atomic E-state index is 12.9. The maximum Gasteiger partial charge on any atom is 0.266 e. The highest BCUT2D eigenvalue weighted by atomic mass is 32.2. The van der Waals surface area contributed by atoms with E-state index in [1.165, 1.54) is 11.8 Å². The lowest BCUT2D eigenvalue weighted by molar-refractivity contribution is -0.122. The molecule has 3 aromatic carbocycles. The predicted octanol–water partition coefficient (Wildman–Crippen LogP) is 5.41. The van der Waals surface area contributed by atoms with Gasteiger partial charge in [0.1, 0.15) is 10.1 Å². The van der Waals surface area contributed by atoms with Crippen LogP contribution in [0.25, 0.3) is 6.08 Å². The summed E-state index contributed by atoms with van der Waals surface area (Å²) in [6.07, 6.45) is 1.80. The summed E-state index contributed by atoms with van der Waals surface area (Å²) in [6.45, 7) is 2.27. The van der Waals surface area contributed by atoms with E-state index in [0.29, 0.717) is 21.5 Å². The van der Waals surface area contributed by atoms with Gasteiger partial charge in [-0.2, -0.15) is 0 Å². The third-order valence-corrected chi connectivity index (χ3v) is 6.38. The van der Waals surface area contributed by atoms with Crippen molar-refractivity contribution in [1.82, 2.24) is 4.90 Å². The number of benzene rings is 3. The Hall–Kier alpha value is -3.42. The number of para-hydroxylation sites is 1. The number of hydrogen-bond donors (Lipinski definition) is 1. The molecule has 0 bridgehead atoms. The van der Waals surface area contributed by atoms with Gasteiger partial charge in [-0.25, -0.2) is 0 Å². The highest BCUT2D eigenvalue weighted by Gasteiger charge is 2.31. The second kappa shape index (κ2) is 10.5. The number of hydrogen-bond acceptors (Lipinski definition) is 5. The summed E-state index contributed by atoms with van der Waals surface area (Å²) in [5.74, 6) is 0.192. The fourth-order valence-electron chi connectivity index (χ4n) is 3.30. The molecule has 4 rings (SSSR count). The summed E-state index contributed by atoms with van der Waals surface area (Å²) in [4.78, 5) is 27.3. The van der Waals surface area contributed by atoms with Crippen molar-refractivity contribution in [1.29, 1.82) is 0 Å². The zero-order chi connectivity index (χ0) is 23.2. The topological polar surface area (TPSA) is 58.6 Å². The monoisotopic (exact) mass is 474 g/mol. The minimum atomic E-state index is -0.239. The van der Waals surface area contributed by atoms with E-state index < -0.39 is 0 Å². The van der Waals surface area contributed by atoms with Crippen molar-refractivity contribution in [3.05, 3.63) is 100 Å². The third kappa shape index (κ3) is 5.88. The molecule has 1 saturated heterocycles. The molecule has 3 aromatic rings. The number of aryl methyl sites for hydroxylation is 1. The summed E-state index contributed by atoms with van der Waals surface area (Å²) in [5, 5.41) is 2.85. The van der Waals surface area contributed by atoms with Gasteiger partial charge >= 0.3 is 0 Å². The van der Waals surface area contributed by atoms with Crippen molar-refractivity contribution in [2.24, 2.45) is 0 Å². The van der Waals surface area contributed by atoms with Gasteiger partial charge in [-0.3, -0.25) is 14.5 Å². The first-order valence-corrected chi connectivity index (χ1v) is 11.6. The highest BCUT2D eigenvalue weighted by Crippen LogP contribution is 2.34. The van der Waals surface area contributed by atoms with Crippen molar-refractivity contribution in [3.8, 4) is 5.75 Å². The van der Waals surface area contributed by atoms with Gasteiger partial charge in [0.15, 0.2) is 6.61 Å². The summed E-state index contributed by atoms with van der Waals surface area (Å²) < 4.78 is 6.20. The van der Waals surface area contributed by atoms with E-state index in [9.17, 15) is 9.59 Å². The Morgan fingerprint density at radius 2 is 1.82 bits per heavy atom. The lowest BCUT2D eigenvalue weighted by Crippen LogP contribution is -2.27. The molecular weight excluding hydrogens is 452 g/mol. The molecule has 1 fully saturated rings. The van der Waals surface area contributed by atoms with Crippen LogP contribution in [0.4, 0.5) is 5.69 Å². The average molecular weight is 475 g/mol. The van der Waals surface area contributed by atoms with Gasteiger partial charge in [0.25, 0.3) is 11.8 Å². The Balaban J connectivity index is 1.39. The van der Waals surface area contributed by atoms with Gasteiger partial charge in [-0.05, 0) is 47.9 Å². The van der Waals surface area contributed by atoms with Crippen molar-refractivity contribution >= 4 is 51.9 Å². The number of amides is 2. The molecule has 0 spiro atoms. The smallest absolute Gasteiger partial charge is 0.266 e. The van der Waals surface area contributed by atoms with E-state index >= 15 is 0 Å². The molecule has 0 saturated carbocycles. The van der Waals surface area contributed by atoms with Crippen molar-refractivity contribution in [2.45, 2.75) is 13.5 Å². The standard InChI is InChI=1S/C26H22N2O3S2/c1-18-8-5-6-13-22(18)27-24(29)17-31-21-12-7-11-20(14-21)15-23-25(30)28(26(32)33-23)16-19-9-3-2-4-10-19/h2-15H,16-17H2,1H3,(H,27,29)/b23-15-. The normalized spacial score (nSPS) is 14.6. The molecule has 1 heterocycles. The first-order chi connectivity index (χ1) is 16.0. The van der Waals surface area contributed by atoms with Crippen LogP contribution in [-0.2, 0) is 16.1 Å². The number of carbonyl (C=O) groups excluding carboxylic acids is 2. The average Bonchev–Trinajstić information content (AvgIpc) is 3.07. The molecule has 7 heteroatoms. The minimum Gasteiger partial charge on any atom is -0.484 e. The lowest BCUT2D eigenvalue weighted by atomic mass is 10.2. The van der Waals surface area contributed by atoms with Gasteiger partial charge < -0.3 is 10.1 Å². The molecule has 2 amide bonds. The number of nitrogens with one attached hydrogen (secondary N) is 1. The number of nitrogens with zero attached hydrogens (tertiary/aromatic N) is 1. The van der Waals surface area contributed by atoms with Gasteiger partial charge in [0.05, 0.1) is 11.4 Å². The first-order valence-electron chi connectivity index (χ1n) is 10.4. The number of thioether (sulfide) groups is 1. The lowest BCUT2D eigenvalue weighted by Gasteiger charge is -2.14. The van der Waals surface area contributed by atoms with E-state index in [4.69, 9.17) is 17.0 Å². The summed E-state index contributed by atoms with van der Waals surface area (Å²) in [7, 11) is 0. The summed E-state index contributed by atoms with van der Waals surface area (Å²) in [5.41, 5.74) is 3.57. The van der Waals surface area contributed by atoms with Gasteiger partial charge in [-0.15, -0.1) is 0 Å². The molecule has 0 aromatic heterocycles. The Bertz CT molecular complexity index is 1220. The Labute approximate surface area is 202 Å². The number of ether oxygens (including phenoxy) is 1. The number of thiocarbonyl (C=S) groups is 1. The predicted molar refractivity (Wildman–Crippen MR) is 137 cm³/mol. The Morgan fingerprint density at radius 3 is 2.61 bits per heavy atom. The van der Waals surface area contributed by atoms with Crippen LogP contribution in [0.3, 0.4) is 0 Å². The molecule has 0 unspecified atom stereocenters. The van der Waals surface area contributed by atoms with Crippen LogP contribution in [0.1, 0.15) is 16.7 Å². The molecule has 0 aliphatic carbocycles. The SMILES string of the molecule is Cc1ccccc1NC(=O)COc1cccc(/C=C2\SC(=S)N(Cc3ccccc3)C2=O)c1. The van der Waals surface area contributed by atoms with E-state index in [0.717, 1.165) is 22.4 Å². The van der Waals surface area contributed by atoms with Crippen molar-refractivity contribution in [3.63, 3.8) is 0 Å². The number of rotatable bonds is 7. The zero-order valence-electron chi connectivity index (χ0n) is 18.0. The highest BCUT2D eigenvalue weighted by molar-refractivity contribution is 8.26. The number of carbonyl (C=O) groups is 2. The molecule has 0 radical (unpaired) electrons. The largest absolute Gasteiger partial charge is 0.484 e. The van der Waals surface area contributed by atoms with Crippen molar-refractivity contribution < 1.29 is 14.3 Å². The zero-order valence-corrected chi connectivity index (χ0v) is 19.6. The second-order valence-electron chi connectivity index (χ2n) is 7.48. The third-order valence-electron chi connectivity index (χ3n) is 5.00. The van der Waals surface area contributed by atoms with E-state index in [2.05, 4.69) is 5.32 Å². The maximum absolute atomic E-state index is 12.9. The number of anilines is 1. The summed E-state index contributed by atoms with van der Waals surface area (Å²) in [6, 6.07) is 24.6.